The summed E-state index contributed by atoms with van der Waals surface area (Å²) in [5.41, 5.74) is 5.25. The molecule has 0 fully saturated rings. The van der Waals surface area contributed by atoms with Gasteiger partial charge in [-0.25, -0.2) is 18.8 Å². The molecule has 43 heavy (non-hydrogen) atoms. The summed E-state index contributed by atoms with van der Waals surface area (Å²) in [6, 6.07) is 26.5. The van der Waals surface area contributed by atoms with Gasteiger partial charge in [0.05, 0.1) is 28.2 Å². The smallest absolute Gasteiger partial charge is 0.335 e. The largest absolute Gasteiger partial charge is 0.493 e. The maximum absolute atomic E-state index is 12.3. The van der Waals surface area contributed by atoms with Gasteiger partial charge in [-0.2, -0.15) is 8.42 Å². The monoisotopic (exact) mass is 632 g/mol. The van der Waals surface area contributed by atoms with Crippen LogP contribution in [0.25, 0.3) is 28.1 Å². The molecule has 9 nitrogen and oxygen atoms in total. The molecule has 0 spiro atoms. The fraction of sp³-hybridized carbons (Fsp3) is 0.0323. The Bertz CT molecular complexity index is 2010. The van der Waals surface area contributed by atoms with Crippen molar-refractivity contribution in [1.29, 1.82) is 0 Å². The number of aliphatic hydroxyl groups excluding tert-OH is 1. The van der Waals surface area contributed by atoms with Crippen LogP contribution in [-0.2, 0) is 16.6 Å². The predicted molar refractivity (Wildman–Crippen MR) is 166 cm³/mol. The average molecular weight is 634 g/mol. The van der Waals surface area contributed by atoms with Gasteiger partial charge in [-0.15, -0.1) is 0 Å². The highest BCUT2D eigenvalue weighted by Crippen LogP contribution is 2.32. The van der Waals surface area contributed by atoms with E-state index in [0.717, 1.165) is 32.9 Å². The number of aromatic nitrogens is 2. The molecule has 1 aliphatic rings. The van der Waals surface area contributed by atoms with Crippen LogP contribution in [0.1, 0.15) is 21.7 Å². The van der Waals surface area contributed by atoms with Crippen molar-refractivity contribution in [3.05, 3.63) is 136 Å². The number of aliphatic hydroxyl groups is 1. The van der Waals surface area contributed by atoms with E-state index < -0.39 is 22.1 Å². The first-order valence-corrected chi connectivity index (χ1v) is 15.1. The zero-order valence-corrected chi connectivity index (χ0v) is 24.5. The normalized spacial score (nSPS) is 13.9. The lowest BCUT2D eigenvalue weighted by Gasteiger charge is -2.15. The number of nitrogens with one attached hydrogen (secondary N) is 1. The molecule has 4 aromatic carbocycles. The summed E-state index contributed by atoms with van der Waals surface area (Å²) in [7, 11) is -3.92. The molecule has 1 aromatic heterocycles. The van der Waals surface area contributed by atoms with Crippen LogP contribution in [0.2, 0.25) is 10.0 Å². The minimum atomic E-state index is -3.92. The van der Waals surface area contributed by atoms with Crippen molar-refractivity contribution in [2.45, 2.75) is 6.42 Å². The van der Waals surface area contributed by atoms with Gasteiger partial charge in [0, 0.05) is 28.9 Å². The zero-order valence-electron chi connectivity index (χ0n) is 22.1. The first-order chi connectivity index (χ1) is 20.6. The molecule has 0 amide bonds. The second kappa shape index (κ2) is 11.1. The number of imidazole rings is 1. The highest BCUT2D eigenvalue weighted by Gasteiger charge is 2.28. The van der Waals surface area contributed by atoms with Crippen molar-refractivity contribution >= 4 is 45.1 Å². The molecule has 216 valence electrons. The summed E-state index contributed by atoms with van der Waals surface area (Å²) in [4.78, 5) is 16.3. The van der Waals surface area contributed by atoms with E-state index in [9.17, 15) is 23.4 Å². The molecule has 6 rings (SSSR count). The molecule has 0 atom stereocenters. The van der Waals surface area contributed by atoms with Crippen LogP contribution in [0, 0.1) is 0 Å². The summed E-state index contributed by atoms with van der Waals surface area (Å²) in [6.45, 7) is 0. The van der Waals surface area contributed by atoms with Crippen molar-refractivity contribution in [3.63, 3.8) is 0 Å². The van der Waals surface area contributed by atoms with Crippen molar-refractivity contribution in [2.24, 2.45) is 0 Å². The van der Waals surface area contributed by atoms with E-state index in [2.05, 4.69) is 0 Å². The first kappa shape index (κ1) is 28.4. The van der Waals surface area contributed by atoms with E-state index in [-0.39, 0.29) is 5.56 Å². The summed E-state index contributed by atoms with van der Waals surface area (Å²) < 4.78 is 29.5. The topological polar surface area (TPSA) is 125 Å². The molecule has 12 heteroatoms. The van der Waals surface area contributed by atoms with Crippen LogP contribution in [0.3, 0.4) is 0 Å². The van der Waals surface area contributed by atoms with Gasteiger partial charge in [-0.05, 0) is 71.3 Å². The summed E-state index contributed by atoms with van der Waals surface area (Å²) in [5, 5.41) is 19.9. The minimum absolute atomic E-state index is 0.217. The molecule has 2 heterocycles. The van der Waals surface area contributed by atoms with E-state index in [1.54, 1.807) is 60.7 Å². The number of aromatic carboxylic acids is 1. The first-order valence-electron chi connectivity index (χ1n) is 12.9. The Morgan fingerprint density at radius 3 is 2.26 bits per heavy atom. The lowest BCUT2D eigenvalue weighted by atomic mass is 10.0. The van der Waals surface area contributed by atoms with Crippen molar-refractivity contribution in [3.8, 4) is 28.1 Å². The highest BCUT2D eigenvalue weighted by atomic mass is 35.5. The van der Waals surface area contributed by atoms with Crippen molar-refractivity contribution in [2.75, 3.05) is 4.31 Å². The number of carboxylic acid groups (broad SMARTS) is 1. The molecule has 3 N–H and O–H groups in total. The molecule has 0 radical (unpaired) electrons. The van der Waals surface area contributed by atoms with E-state index in [1.165, 1.54) is 0 Å². The fourth-order valence-electron chi connectivity index (χ4n) is 4.78. The quantitative estimate of drug-likeness (QED) is 0.181. The van der Waals surface area contributed by atoms with Crippen LogP contribution < -0.4 is 9.03 Å². The number of hydrogen-bond acceptors (Lipinski definition) is 5. The van der Waals surface area contributed by atoms with Gasteiger partial charge in [0.2, 0.25) is 5.88 Å². The summed E-state index contributed by atoms with van der Waals surface area (Å²) in [5.74, 6) is -0.753. The number of hydrogen-bond donors (Lipinski definition) is 3. The van der Waals surface area contributed by atoms with Gasteiger partial charge in [-0.3, -0.25) is 0 Å². The van der Waals surface area contributed by atoms with Crippen LogP contribution in [0.4, 0.5) is 5.69 Å². The van der Waals surface area contributed by atoms with Crippen LogP contribution in [0.15, 0.2) is 109 Å². The third-order valence-corrected chi connectivity index (χ3v) is 8.71. The SMILES string of the molecule is O=C(O)c1cccc(-c2ccc(Cc3nc(-c4ccc(Cl)cc4Cl)cn3-c3ccc(N4C=C(O)NS4(=O)=O)cc3)cc2)c1. The van der Waals surface area contributed by atoms with E-state index in [1.807, 2.05) is 45.8 Å². The number of halogens is 2. The maximum Gasteiger partial charge on any atom is 0.335 e. The predicted octanol–water partition coefficient (Wildman–Crippen LogP) is 6.81. The number of carbonyl (C=O) groups is 1. The lowest BCUT2D eigenvalue weighted by Crippen LogP contribution is -2.29. The van der Waals surface area contributed by atoms with Gasteiger partial charge in [0.1, 0.15) is 5.82 Å². The van der Waals surface area contributed by atoms with Crippen molar-refractivity contribution in [1.82, 2.24) is 14.3 Å². The molecular weight excluding hydrogens is 611 g/mol. The minimum Gasteiger partial charge on any atom is -0.493 e. The molecular formula is C31H22Cl2N4O5S. The Balaban J connectivity index is 1.35. The number of carboxylic acids is 1. The summed E-state index contributed by atoms with van der Waals surface area (Å²) >= 11 is 12.6. The molecule has 0 aliphatic carbocycles. The Morgan fingerprint density at radius 2 is 1.60 bits per heavy atom. The second-order valence-electron chi connectivity index (χ2n) is 9.73. The van der Waals surface area contributed by atoms with Gasteiger partial charge in [-0.1, -0.05) is 59.6 Å². The number of anilines is 1. The van der Waals surface area contributed by atoms with E-state index >= 15 is 0 Å². The number of rotatable bonds is 7. The average Bonchev–Trinajstić information content (AvgIpc) is 3.52. The Kier molecular flexibility index (Phi) is 7.35. The van der Waals surface area contributed by atoms with Gasteiger partial charge in [0.15, 0.2) is 0 Å². The molecule has 5 aromatic rings. The van der Waals surface area contributed by atoms with E-state index in [0.29, 0.717) is 39.2 Å². The third-order valence-electron chi connectivity index (χ3n) is 6.86. The molecule has 0 unspecified atom stereocenters. The standard InChI is InChI=1S/C31H22Cl2N4O5S/c32-23-8-13-26(27(33)16-23)28-17-36(24-9-11-25(12-10-24)37-18-30(38)35-43(37,41)42)29(34-28)14-19-4-6-20(7-5-19)21-2-1-3-22(15-21)31(39)40/h1-13,15-18,35,38H,14H2,(H,39,40). The van der Waals surface area contributed by atoms with Gasteiger partial charge in [0.25, 0.3) is 0 Å². The molecule has 0 saturated carbocycles. The fourth-order valence-corrected chi connectivity index (χ4v) is 6.34. The van der Waals surface area contributed by atoms with Crippen molar-refractivity contribution < 1.29 is 23.4 Å². The maximum atomic E-state index is 12.3. The number of nitrogens with zero attached hydrogens (tertiary/aromatic N) is 3. The van der Waals surface area contributed by atoms with Crippen LogP contribution >= 0.6 is 23.2 Å². The summed E-state index contributed by atoms with van der Waals surface area (Å²) in [6.07, 6.45) is 3.39. The Hall–Kier alpha value is -4.77. The number of benzene rings is 4. The molecule has 0 bridgehead atoms. The van der Waals surface area contributed by atoms with Gasteiger partial charge < -0.3 is 14.8 Å². The van der Waals surface area contributed by atoms with E-state index in [4.69, 9.17) is 28.2 Å². The lowest BCUT2D eigenvalue weighted by molar-refractivity contribution is 0.0697. The van der Waals surface area contributed by atoms with Crippen LogP contribution in [0.5, 0.6) is 0 Å². The zero-order chi connectivity index (χ0) is 30.3. The Morgan fingerprint density at radius 1 is 0.884 bits per heavy atom. The third kappa shape index (κ3) is 5.80. The molecule has 1 aliphatic heterocycles. The highest BCUT2D eigenvalue weighted by molar-refractivity contribution is 7.91. The Labute approximate surface area is 257 Å². The van der Waals surface area contributed by atoms with Gasteiger partial charge >= 0.3 is 16.2 Å². The van der Waals surface area contributed by atoms with Crippen LogP contribution in [-0.4, -0.2) is 34.2 Å². The second-order valence-corrected chi connectivity index (χ2v) is 12.1. The molecule has 0 saturated heterocycles.